The van der Waals surface area contributed by atoms with Crippen molar-refractivity contribution in [2.75, 3.05) is 32.1 Å². The van der Waals surface area contributed by atoms with Crippen LogP contribution in [-0.2, 0) is 4.79 Å². The lowest BCUT2D eigenvalue weighted by atomic mass is 10.0. The zero-order valence-corrected chi connectivity index (χ0v) is 20.5. The number of thiocarbonyl (C=S) groups is 1. The van der Waals surface area contributed by atoms with Crippen molar-refractivity contribution in [1.29, 1.82) is 0 Å². The second-order valence-electron chi connectivity index (χ2n) is 8.13. The fourth-order valence-corrected chi connectivity index (χ4v) is 3.82. The van der Waals surface area contributed by atoms with Gasteiger partial charge in [0.15, 0.2) is 5.11 Å². The minimum absolute atomic E-state index is 0.191. The summed E-state index contributed by atoms with van der Waals surface area (Å²) < 4.78 is 0. The lowest BCUT2D eigenvalue weighted by molar-refractivity contribution is -0.119. The van der Waals surface area contributed by atoms with E-state index in [0.717, 1.165) is 29.8 Å². The van der Waals surface area contributed by atoms with Crippen LogP contribution in [0.5, 0.6) is 0 Å². The van der Waals surface area contributed by atoms with E-state index in [4.69, 9.17) is 28.8 Å². The molecule has 2 N–H and O–H groups in total. The second-order valence-corrected chi connectivity index (χ2v) is 8.98. The summed E-state index contributed by atoms with van der Waals surface area (Å²) in [6.07, 6.45) is 0.0945. The van der Waals surface area contributed by atoms with Gasteiger partial charge in [0.1, 0.15) is 0 Å². The Kier molecular flexibility index (Phi) is 8.23. The first-order valence-electron chi connectivity index (χ1n) is 10.7. The van der Waals surface area contributed by atoms with Gasteiger partial charge in [-0.05, 0) is 64.3 Å². The number of hydrogen-bond acceptors (Lipinski definition) is 4. The highest BCUT2D eigenvalue weighted by atomic mass is 35.5. The summed E-state index contributed by atoms with van der Waals surface area (Å²) in [5.74, 6) is -0.191. The SMILES string of the molecule is CC(C)N(C)CCCNC(=S)NC1N=C(c2ccccc2)c2cc(Cl)ccc2N(C)C1=O. The molecule has 32 heavy (non-hydrogen) atoms. The van der Waals surface area contributed by atoms with E-state index in [9.17, 15) is 4.79 Å². The fraction of sp³-hybridized carbons (Fsp3) is 0.375. The van der Waals surface area contributed by atoms with Gasteiger partial charge in [0, 0.05) is 35.8 Å². The van der Waals surface area contributed by atoms with Crippen LogP contribution in [0.1, 0.15) is 31.4 Å². The van der Waals surface area contributed by atoms with Crippen molar-refractivity contribution in [3.05, 3.63) is 64.7 Å². The third kappa shape index (κ3) is 5.85. The number of nitrogens with one attached hydrogen (secondary N) is 2. The molecule has 0 saturated heterocycles. The monoisotopic (exact) mass is 471 g/mol. The number of fused-ring (bicyclic) bond motifs is 1. The minimum Gasteiger partial charge on any atom is -0.363 e. The third-order valence-electron chi connectivity index (χ3n) is 5.57. The standard InChI is InChI=1S/C24H30ClN5OS/c1-16(2)29(3)14-8-13-26-24(32)28-22-23(31)30(4)20-12-11-18(25)15-19(20)21(27-22)17-9-6-5-7-10-17/h5-7,9-12,15-16,22H,8,13-14H2,1-4H3,(H2,26,28,32). The van der Waals surface area contributed by atoms with Crippen LogP contribution < -0.4 is 15.5 Å². The molecule has 0 aromatic heterocycles. The smallest absolute Gasteiger partial charge is 0.272 e. The molecule has 0 aliphatic carbocycles. The summed E-state index contributed by atoms with van der Waals surface area (Å²) in [7, 11) is 3.84. The van der Waals surface area contributed by atoms with Gasteiger partial charge in [-0.15, -0.1) is 0 Å². The molecule has 6 nitrogen and oxygen atoms in total. The number of hydrogen-bond donors (Lipinski definition) is 2. The molecule has 1 aliphatic rings. The summed E-state index contributed by atoms with van der Waals surface area (Å²) in [5, 5.41) is 7.28. The van der Waals surface area contributed by atoms with E-state index in [1.807, 2.05) is 42.5 Å². The number of aliphatic imine (C=N–C) groups is 1. The third-order valence-corrected chi connectivity index (χ3v) is 6.06. The molecule has 0 bridgehead atoms. The van der Waals surface area contributed by atoms with Gasteiger partial charge in [0.2, 0.25) is 6.17 Å². The Hall–Kier alpha value is -2.48. The Labute approximate surface area is 200 Å². The van der Waals surface area contributed by atoms with Gasteiger partial charge in [-0.1, -0.05) is 41.9 Å². The lowest BCUT2D eigenvalue weighted by Crippen LogP contribution is -2.49. The van der Waals surface area contributed by atoms with Crippen LogP contribution in [0.3, 0.4) is 0 Å². The Morgan fingerprint density at radius 1 is 1.25 bits per heavy atom. The largest absolute Gasteiger partial charge is 0.363 e. The number of rotatable bonds is 7. The van der Waals surface area contributed by atoms with Crippen molar-refractivity contribution in [3.8, 4) is 0 Å². The van der Waals surface area contributed by atoms with Gasteiger partial charge in [-0.2, -0.15) is 0 Å². The predicted molar refractivity (Wildman–Crippen MR) is 137 cm³/mol. The first-order valence-corrected chi connectivity index (χ1v) is 11.5. The number of benzodiazepines with no additional fused rings is 1. The number of carbonyl (C=O) groups is 1. The van der Waals surface area contributed by atoms with Crippen molar-refractivity contribution in [1.82, 2.24) is 15.5 Å². The molecule has 1 atom stereocenters. The van der Waals surface area contributed by atoms with Crippen molar-refractivity contribution < 1.29 is 4.79 Å². The maximum atomic E-state index is 13.2. The summed E-state index contributed by atoms with van der Waals surface area (Å²) in [6.45, 7) is 6.01. The molecule has 1 amide bonds. The van der Waals surface area contributed by atoms with E-state index >= 15 is 0 Å². The van der Waals surface area contributed by atoms with Crippen molar-refractivity contribution >= 4 is 46.2 Å². The maximum absolute atomic E-state index is 13.2. The van der Waals surface area contributed by atoms with Crippen LogP contribution in [0.2, 0.25) is 5.02 Å². The zero-order chi connectivity index (χ0) is 23.3. The highest BCUT2D eigenvalue weighted by Gasteiger charge is 2.30. The van der Waals surface area contributed by atoms with Crippen LogP contribution in [0.4, 0.5) is 5.69 Å². The molecule has 170 valence electrons. The van der Waals surface area contributed by atoms with E-state index in [0.29, 0.717) is 28.4 Å². The normalized spacial score (nSPS) is 16.0. The molecule has 8 heteroatoms. The molecule has 2 aromatic carbocycles. The molecule has 0 spiro atoms. The van der Waals surface area contributed by atoms with Gasteiger partial charge >= 0.3 is 0 Å². The summed E-state index contributed by atoms with van der Waals surface area (Å²) in [6, 6.07) is 15.7. The van der Waals surface area contributed by atoms with E-state index in [2.05, 4.69) is 36.4 Å². The van der Waals surface area contributed by atoms with Crippen LogP contribution in [0, 0.1) is 0 Å². The van der Waals surface area contributed by atoms with Gasteiger partial charge in [-0.3, -0.25) is 4.79 Å². The van der Waals surface area contributed by atoms with E-state index in [1.165, 1.54) is 0 Å². The second kappa shape index (κ2) is 10.9. The highest BCUT2D eigenvalue weighted by Crippen LogP contribution is 2.29. The molecule has 2 aromatic rings. The maximum Gasteiger partial charge on any atom is 0.272 e. The number of amides is 1. The van der Waals surface area contributed by atoms with Crippen LogP contribution in [0.15, 0.2) is 53.5 Å². The first-order chi connectivity index (χ1) is 15.3. The fourth-order valence-electron chi connectivity index (χ4n) is 3.43. The molecule has 1 unspecified atom stereocenters. The van der Waals surface area contributed by atoms with Crippen molar-refractivity contribution in [2.24, 2.45) is 4.99 Å². The van der Waals surface area contributed by atoms with Crippen molar-refractivity contribution in [2.45, 2.75) is 32.5 Å². The van der Waals surface area contributed by atoms with Gasteiger partial charge in [0.05, 0.1) is 11.4 Å². The average Bonchev–Trinajstić information content (AvgIpc) is 2.87. The number of carbonyl (C=O) groups excluding carboxylic acids is 1. The molecular formula is C24H30ClN5OS. The molecule has 3 rings (SSSR count). The summed E-state index contributed by atoms with van der Waals surface area (Å²) >= 11 is 11.8. The Bertz CT molecular complexity index is 995. The Balaban J connectivity index is 1.81. The van der Waals surface area contributed by atoms with Crippen molar-refractivity contribution in [3.63, 3.8) is 0 Å². The molecule has 0 saturated carbocycles. The van der Waals surface area contributed by atoms with Crippen LogP contribution >= 0.6 is 23.8 Å². The summed E-state index contributed by atoms with van der Waals surface area (Å²) in [4.78, 5) is 21.9. The number of anilines is 1. The van der Waals surface area contributed by atoms with Crippen LogP contribution in [0.25, 0.3) is 0 Å². The average molecular weight is 472 g/mol. The molecule has 1 heterocycles. The Morgan fingerprint density at radius 3 is 2.66 bits per heavy atom. The van der Waals surface area contributed by atoms with Gasteiger partial charge in [-0.25, -0.2) is 4.99 Å². The molecular weight excluding hydrogens is 442 g/mol. The number of benzene rings is 2. The lowest BCUT2D eigenvalue weighted by Gasteiger charge is -2.23. The Morgan fingerprint density at radius 2 is 1.97 bits per heavy atom. The number of likely N-dealkylation sites (N-methyl/N-ethyl adjacent to an activating group) is 1. The van der Waals surface area contributed by atoms with E-state index in [-0.39, 0.29) is 5.91 Å². The predicted octanol–water partition coefficient (Wildman–Crippen LogP) is 3.67. The van der Waals surface area contributed by atoms with E-state index < -0.39 is 6.17 Å². The highest BCUT2D eigenvalue weighted by molar-refractivity contribution is 7.80. The van der Waals surface area contributed by atoms with Gasteiger partial charge < -0.3 is 20.4 Å². The first kappa shape index (κ1) is 24.2. The molecule has 0 radical (unpaired) electrons. The van der Waals surface area contributed by atoms with Crippen LogP contribution in [-0.4, -0.2) is 61.0 Å². The zero-order valence-electron chi connectivity index (χ0n) is 18.9. The topological polar surface area (TPSA) is 60.0 Å². The number of halogens is 1. The van der Waals surface area contributed by atoms with Gasteiger partial charge in [0.25, 0.3) is 5.91 Å². The molecule has 1 aliphatic heterocycles. The minimum atomic E-state index is -0.847. The quantitative estimate of drug-likeness (QED) is 0.476. The van der Waals surface area contributed by atoms with E-state index in [1.54, 1.807) is 18.0 Å². The number of nitrogens with zero attached hydrogens (tertiary/aromatic N) is 3. The summed E-state index contributed by atoms with van der Waals surface area (Å²) in [5.41, 5.74) is 3.16. The molecule has 0 fully saturated rings.